The molecule has 0 aliphatic heterocycles. The highest BCUT2D eigenvalue weighted by Crippen LogP contribution is 2.30. The van der Waals surface area contributed by atoms with Crippen molar-refractivity contribution in [3.05, 3.63) is 63.9 Å². The number of hydrogen-bond donors (Lipinski definition) is 1. The zero-order chi connectivity index (χ0) is 12.3. The third kappa shape index (κ3) is 2.97. The number of nitrogens with zero attached hydrogens (tertiary/aromatic N) is 1. The Morgan fingerprint density at radius 3 is 2.35 bits per heavy atom. The molecule has 2 nitrogen and oxygen atoms in total. The molecule has 0 saturated carbocycles. The smallest absolute Gasteiger partial charge is 0.0468 e. The van der Waals surface area contributed by atoms with Crippen molar-refractivity contribution in [3.8, 4) is 0 Å². The van der Waals surface area contributed by atoms with Gasteiger partial charge in [-0.25, -0.2) is 0 Å². The van der Waals surface area contributed by atoms with Crippen molar-refractivity contribution in [2.45, 2.75) is 12.5 Å². The molecule has 4 heteroatoms. The quantitative estimate of drug-likeness (QED) is 0.922. The first-order chi connectivity index (χ1) is 8.18. The minimum absolute atomic E-state index is 0.244. The topological polar surface area (TPSA) is 38.9 Å². The van der Waals surface area contributed by atoms with Gasteiger partial charge in [0.1, 0.15) is 0 Å². The van der Waals surface area contributed by atoms with Crippen molar-refractivity contribution in [3.63, 3.8) is 0 Å². The van der Waals surface area contributed by atoms with Crippen LogP contribution in [-0.4, -0.2) is 4.98 Å². The molecule has 2 rings (SSSR count). The summed E-state index contributed by atoms with van der Waals surface area (Å²) in [5.74, 6) is 0. The largest absolute Gasteiger partial charge is 0.324 e. The van der Waals surface area contributed by atoms with Crippen molar-refractivity contribution in [1.29, 1.82) is 0 Å². The summed E-state index contributed by atoms with van der Waals surface area (Å²) in [4.78, 5) is 4.24. The predicted octanol–water partition coefficient (Wildman–Crippen LogP) is 3.63. The molecule has 1 unspecified atom stereocenters. The van der Waals surface area contributed by atoms with Gasteiger partial charge < -0.3 is 5.73 Å². The molecule has 1 heterocycles. The summed E-state index contributed by atoms with van der Waals surface area (Å²) in [6.07, 6.45) is 2.36. The highest BCUT2D eigenvalue weighted by Gasteiger charge is 2.14. The molecule has 1 aromatic carbocycles. The molecule has 2 aromatic rings. The van der Waals surface area contributed by atoms with E-state index in [1.54, 1.807) is 18.3 Å². The molecule has 0 bridgehead atoms. The van der Waals surface area contributed by atoms with E-state index in [0.717, 1.165) is 11.3 Å². The standard InChI is InChI=1S/C13H12Cl2N2/c14-10-5-3-6-11(15)13(10)12(16)8-9-4-1-2-7-17-9/h1-7,12H,8,16H2. The van der Waals surface area contributed by atoms with Crippen LogP contribution in [0.5, 0.6) is 0 Å². The number of benzene rings is 1. The first-order valence-corrected chi connectivity index (χ1v) is 6.03. The highest BCUT2D eigenvalue weighted by molar-refractivity contribution is 6.36. The van der Waals surface area contributed by atoms with Crippen LogP contribution < -0.4 is 5.73 Å². The number of aromatic nitrogens is 1. The van der Waals surface area contributed by atoms with Crippen LogP contribution in [0.2, 0.25) is 10.0 Å². The van der Waals surface area contributed by atoms with Gasteiger partial charge in [-0.15, -0.1) is 0 Å². The molecule has 0 radical (unpaired) electrons. The molecule has 0 aliphatic carbocycles. The molecular formula is C13H12Cl2N2. The Kier molecular flexibility index (Phi) is 4.00. The SMILES string of the molecule is NC(Cc1ccccn1)c1c(Cl)cccc1Cl. The van der Waals surface area contributed by atoms with E-state index in [9.17, 15) is 0 Å². The van der Waals surface area contributed by atoms with Crippen molar-refractivity contribution in [1.82, 2.24) is 4.98 Å². The molecule has 0 fully saturated rings. The molecule has 17 heavy (non-hydrogen) atoms. The van der Waals surface area contributed by atoms with Gasteiger partial charge in [-0.05, 0) is 24.3 Å². The van der Waals surface area contributed by atoms with Gasteiger partial charge in [0.2, 0.25) is 0 Å². The molecule has 0 saturated heterocycles. The zero-order valence-electron chi connectivity index (χ0n) is 9.11. The van der Waals surface area contributed by atoms with E-state index in [2.05, 4.69) is 4.98 Å². The fourth-order valence-electron chi connectivity index (χ4n) is 1.71. The van der Waals surface area contributed by atoms with Gasteiger partial charge in [-0.3, -0.25) is 4.98 Å². The van der Waals surface area contributed by atoms with Crippen LogP contribution in [0, 0.1) is 0 Å². The summed E-state index contributed by atoms with van der Waals surface area (Å²) in [5.41, 5.74) is 7.83. The van der Waals surface area contributed by atoms with E-state index in [4.69, 9.17) is 28.9 Å². The minimum Gasteiger partial charge on any atom is -0.324 e. The second kappa shape index (κ2) is 5.50. The molecular weight excluding hydrogens is 255 g/mol. The van der Waals surface area contributed by atoms with Crippen LogP contribution in [0.1, 0.15) is 17.3 Å². The Morgan fingerprint density at radius 1 is 1.06 bits per heavy atom. The van der Waals surface area contributed by atoms with Crippen LogP contribution >= 0.6 is 23.2 Å². The zero-order valence-corrected chi connectivity index (χ0v) is 10.6. The van der Waals surface area contributed by atoms with E-state index in [-0.39, 0.29) is 6.04 Å². The lowest BCUT2D eigenvalue weighted by Gasteiger charge is -2.14. The maximum Gasteiger partial charge on any atom is 0.0468 e. The first kappa shape index (κ1) is 12.4. The van der Waals surface area contributed by atoms with Gasteiger partial charge in [0.05, 0.1) is 0 Å². The lowest BCUT2D eigenvalue weighted by atomic mass is 10.0. The van der Waals surface area contributed by atoms with Gasteiger partial charge in [0, 0.05) is 40.0 Å². The van der Waals surface area contributed by atoms with E-state index < -0.39 is 0 Å². The number of hydrogen-bond acceptors (Lipinski definition) is 2. The number of pyridine rings is 1. The number of nitrogens with two attached hydrogens (primary N) is 1. The van der Waals surface area contributed by atoms with Crippen LogP contribution in [0.15, 0.2) is 42.6 Å². The lowest BCUT2D eigenvalue weighted by molar-refractivity contribution is 0.707. The average molecular weight is 267 g/mol. The van der Waals surface area contributed by atoms with Crippen molar-refractivity contribution < 1.29 is 0 Å². The summed E-state index contributed by atoms with van der Waals surface area (Å²) in [6.45, 7) is 0. The average Bonchev–Trinajstić information content (AvgIpc) is 2.30. The second-order valence-electron chi connectivity index (χ2n) is 3.77. The van der Waals surface area contributed by atoms with Crippen LogP contribution in [-0.2, 0) is 6.42 Å². The number of halogens is 2. The lowest BCUT2D eigenvalue weighted by Crippen LogP contribution is -2.15. The van der Waals surface area contributed by atoms with Gasteiger partial charge >= 0.3 is 0 Å². The molecule has 88 valence electrons. The minimum atomic E-state index is -0.244. The van der Waals surface area contributed by atoms with Crippen LogP contribution in [0.25, 0.3) is 0 Å². The van der Waals surface area contributed by atoms with Crippen molar-refractivity contribution in [2.75, 3.05) is 0 Å². The molecule has 1 atom stereocenters. The monoisotopic (exact) mass is 266 g/mol. The van der Waals surface area contributed by atoms with Gasteiger partial charge in [0.25, 0.3) is 0 Å². The number of rotatable bonds is 3. The second-order valence-corrected chi connectivity index (χ2v) is 4.58. The van der Waals surface area contributed by atoms with Gasteiger partial charge in [-0.2, -0.15) is 0 Å². The van der Waals surface area contributed by atoms with Gasteiger partial charge in [-0.1, -0.05) is 35.3 Å². The van der Waals surface area contributed by atoms with E-state index in [1.165, 1.54) is 0 Å². The summed E-state index contributed by atoms with van der Waals surface area (Å²) in [5, 5.41) is 1.20. The van der Waals surface area contributed by atoms with Crippen LogP contribution in [0.3, 0.4) is 0 Å². The Morgan fingerprint density at radius 2 is 1.76 bits per heavy atom. The first-order valence-electron chi connectivity index (χ1n) is 5.28. The normalized spacial score (nSPS) is 12.4. The van der Waals surface area contributed by atoms with Crippen molar-refractivity contribution >= 4 is 23.2 Å². The Bertz CT molecular complexity index is 480. The third-order valence-electron chi connectivity index (χ3n) is 2.53. The predicted molar refractivity (Wildman–Crippen MR) is 71.3 cm³/mol. The fourth-order valence-corrected chi connectivity index (χ4v) is 2.39. The van der Waals surface area contributed by atoms with Crippen LogP contribution in [0.4, 0.5) is 0 Å². The van der Waals surface area contributed by atoms with E-state index in [0.29, 0.717) is 16.5 Å². The summed E-state index contributed by atoms with van der Waals surface area (Å²) in [6, 6.07) is 10.9. The Labute approximate surface area is 110 Å². The molecule has 0 aliphatic rings. The Hall–Kier alpha value is -1.09. The summed E-state index contributed by atoms with van der Waals surface area (Å²) in [7, 11) is 0. The summed E-state index contributed by atoms with van der Waals surface area (Å²) < 4.78 is 0. The Balaban J connectivity index is 2.23. The van der Waals surface area contributed by atoms with Crippen molar-refractivity contribution in [2.24, 2.45) is 5.73 Å². The third-order valence-corrected chi connectivity index (χ3v) is 3.18. The van der Waals surface area contributed by atoms with Gasteiger partial charge in [0.15, 0.2) is 0 Å². The fraction of sp³-hybridized carbons (Fsp3) is 0.154. The molecule has 0 spiro atoms. The maximum atomic E-state index is 6.12. The maximum absolute atomic E-state index is 6.12. The highest BCUT2D eigenvalue weighted by atomic mass is 35.5. The molecule has 0 amide bonds. The molecule has 1 aromatic heterocycles. The van der Waals surface area contributed by atoms with E-state index >= 15 is 0 Å². The molecule has 2 N–H and O–H groups in total. The summed E-state index contributed by atoms with van der Waals surface area (Å²) >= 11 is 12.2. The van der Waals surface area contributed by atoms with E-state index in [1.807, 2.05) is 24.3 Å².